The molecule has 9 rings (SSSR count). The summed E-state index contributed by atoms with van der Waals surface area (Å²) >= 11 is 0. The maximum Gasteiger partial charge on any atom is 0.410 e. The highest BCUT2D eigenvalue weighted by atomic mass is 16.7. The number of ether oxygens (including phenoxy) is 4. The van der Waals surface area contributed by atoms with Crippen LogP contribution < -0.4 is 0 Å². The van der Waals surface area contributed by atoms with Crippen LogP contribution in [0.15, 0.2) is 30.3 Å². The predicted octanol–water partition coefficient (Wildman–Crippen LogP) is 7.95. The zero-order valence-corrected chi connectivity index (χ0v) is 34.4. The zero-order chi connectivity index (χ0) is 37.8. The number of aliphatic hydroxyl groups excluding tert-OH is 1. The number of nitrogens with zero attached hydrogens (tertiary/aromatic N) is 2. The summed E-state index contributed by atoms with van der Waals surface area (Å²) in [5.74, 6) is 1.96. The van der Waals surface area contributed by atoms with Gasteiger partial charge in [-0.3, -0.25) is 4.90 Å². The van der Waals surface area contributed by atoms with Gasteiger partial charge in [-0.2, -0.15) is 0 Å². The number of hydrogen-bond donors (Lipinski definition) is 1. The van der Waals surface area contributed by atoms with Crippen LogP contribution in [0.4, 0.5) is 4.79 Å². The van der Waals surface area contributed by atoms with Gasteiger partial charge in [0.1, 0.15) is 6.10 Å². The molecule has 3 aliphatic heterocycles. The minimum absolute atomic E-state index is 0.0101. The van der Waals surface area contributed by atoms with Gasteiger partial charge in [-0.1, -0.05) is 78.8 Å². The predicted molar refractivity (Wildman–Crippen MR) is 209 cm³/mol. The highest BCUT2D eigenvalue weighted by Gasteiger charge is 2.84. The topological polar surface area (TPSA) is 80.7 Å². The van der Waals surface area contributed by atoms with E-state index in [0.29, 0.717) is 34.5 Å². The summed E-state index contributed by atoms with van der Waals surface area (Å²) in [6.45, 7) is 21.9. The molecule has 0 aromatic heterocycles. The highest BCUT2D eigenvalue weighted by molar-refractivity contribution is 5.68. The molecular weight excluding hydrogens is 677 g/mol. The Morgan fingerprint density at radius 2 is 1.72 bits per heavy atom. The largest absolute Gasteiger partial charge is 0.443 e. The first kappa shape index (κ1) is 37.8. The van der Waals surface area contributed by atoms with Crippen LogP contribution in [0.2, 0.25) is 0 Å². The first-order valence-corrected chi connectivity index (χ1v) is 22.1. The Balaban J connectivity index is 0.898. The molecule has 8 aliphatic rings. The molecule has 0 radical (unpaired) electrons. The molecule has 3 saturated heterocycles. The van der Waals surface area contributed by atoms with E-state index in [1.54, 1.807) is 4.90 Å². The normalized spacial score (nSPS) is 47.0. The number of hydrogen-bond acceptors (Lipinski definition) is 7. The van der Waals surface area contributed by atoms with Crippen LogP contribution in [0, 0.1) is 56.7 Å². The molecule has 1 amide bonds. The number of aliphatic hydroxyl groups is 1. The highest BCUT2D eigenvalue weighted by Crippen LogP contribution is 2.89. The molecule has 8 heteroatoms. The molecule has 2 spiro atoms. The van der Waals surface area contributed by atoms with E-state index in [4.69, 9.17) is 18.9 Å². The molecule has 14 unspecified atom stereocenters. The Morgan fingerprint density at radius 3 is 2.44 bits per heavy atom. The number of likely N-dealkylation sites (tertiary alicyclic amines) is 1. The number of carbonyl (C=O) groups excluding carboxylic acids is 1. The number of amides is 1. The van der Waals surface area contributed by atoms with Gasteiger partial charge in [-0.25, -0.2) is 4.79 Å². The van der Waals surface area contributed by atoms with E-state index >= 15 is 0 Å². The van der Waals surface area contributed by atoms with Gasteiger partial charge in [0.05, 0.1) is 31.0 Å². The molecule has 3 heterocycles. The Hall–Kier alpha value is -1.71. The molecule has 54 heavy (non-hydrogen) atoms. The number of rotatable bonds is 8. The van der Waals surface area contributed by atoms with Gasteiger partial charge >= 0.3 is 6.09 Å². The molecule has 8 fully saturated rings. The van der Waals surface area contributed by atoms with Gasteiger partial charge in [0.2, 0.25) is 0 Å². The monoisotopic (exact) mass is 747 g/mol. The fourth-order valence-corrected chi connectivity index (χ4v) is 15.2. The minimum atomic E-state index is -0.519. The van der Waals surface area contributed by atoms with Crippen LogP contribution in [0.3, 0.4) is 0 Å². The second-order valence-electron chi connectivity index (χ2n) is 20.9. The van der Waals surface area contributed by atoms with Crippen molar-refractivity contribution in [2.75, 3.05) is 39.3 Å². The molecule has 1 aromatic carbocycles. The van der Waals surface area contributed by atoms with Crippen molar-refractivity contribution in [2.24, 2.45) is 56.7 Å². The Bertz CT molecular complexity index is 1550. The van der Waals surface area contributed by atoms with Crippen molar-refractivity contribution in [1.29, 1.82) is 0 Å². The first-order chi connectivity index (χ1) is 25.7. The van der Waals surface area contributed by atoms with Crippen molar-refractivity contribution in [3.05, 3.63) is 35.9 Å². The van der Waals surface area contributed by atoms with Gasteiger partial charge in [-0.15, -0.1) is 0 Å². The maximum atomic E-state index is 13.0. The minimum Gasteiger partial charge on any atom is -0.443 e. The van der Waals surface area contributed by atoms with Crippen molar-refractivity contribution >= 4 is 6.09 Å². The Kier molecular flexibility index (Phi) is 9.41. The molecule has 300 valence electrons. The maximum absolute atomic E-state index is 13.0. The fraction of sp³-hybridized carbons (Fsp3) is 0.848. The van der Waals surface area contributed by atoms with E-state index in [0.717, 1.165) is 71.4 Å². The average Bonchev–Trinajstić information content (AvgIpc) is 3.75. The van der Waals surface area contributed by atoms with E-state index < -0.39 is 6.10 Å². The van der Waals surface area contributed by atoms with Gasteiger partial charge in [0, 0.05) is 38.1 Å². The molecule has 0 bridgehead atoms. The second kappa shape index (κ2) is 13.4. The van der Waals surface area contributed by atoms with Crippen molar-refractivity contribution in [3.8, 4) is 0 Å². The molecule has 1 N–H and O–H groups in total. The van der Waals surface area contributed by atoms with E-state index in [1.807, 2.05) is 0 Å². The zero-order valence-electron chi connectivity index (χ0n) is 34.4. The van der Waals surface area contributed by atoms with E-state index in [1.165, 1.54) is 37.7 Å². The number of fused-ring (bicyclic) bond motifs is 4. The molecule has 14 atom stereocenters. The standard InChI is InChI=1S/C46H70N2O6/c1-29(2)38(54-41(50)48-21-11-22-48)32-26-30(3)37-39(52-32)40(49)44(7)34-15-14-33-42(4,5)35(16-18-45(33)28-46(34,45)20-19-43(37,44)6)53-36-27-47(24-25-51-36)23-17-31-12-9-8-10-13-31/h8-10,12-13,29-30,32-40,49H,11,14-28H2,1-7H3. The number of benzene rings is 1. The van der Waals surface area contributed by atoms with Gasteiger partial charge < -0.3 is 29.0 Å². The van der Waals surface area contributed by atoms with Crippen LogP contribution >= 0.6 is 0 Å². The van der Waals surface area contributed by atoms with E-state index in [9.17, 15) is 9.90 Å². The Labute approximate surface area is 325 Å². The SMILES string of the molecule is CC(C)C(OC(=O)N1CCC1)C1CC(C)C2C(O1)C(O)C1(C)C3CCC4C(C)(C)C(OC5CN(CCc6ccccc6)CCO5)CCC45CC35CCC21C. The lowest BCUT2D eigenvalue weighted by atomic mass is 9.41. The molecule has 5 saturated carbocycles. The first-order valence-electron chi connectivity index (χ1n) is 22.1. The van der Waals surface area contributed by atoms with Crippen molar-refractivity contribution in [2.45, 2.75) is 149 Å². The van der Waals surface area contributed by atoms with Gasteiger partial charge in [-0.05, 0) is 121 Å². The summed E-state index contributed by atoms with van der Waals surface area (Å²) < 4.78 is 26.6. The third-order valence-electron chi connectivity index (χ3n) is 18.1. The molecule has 5 aliphatic carbocycles. The van der Waals surface area contributed by atoms with Crippen molar-refractivity contribution in [3.63, 3.8) is 0 Å². The quantitative estimate of drug-likeness (QED) is 0.289. The van der Waals surface area contributed by atoms with E-state index in [-0.39, 0.29) is 59.0 Å². The lowest BCUT2D eigenvalue weighted by Crippen LogP contribution is -2.60. The van der Waals surface area contributed by atoms with Crippen LogP contribution in [0.1, 0.15) is 112 Å². The van der Waals surface area contributed by atoms with Crippen LogP contribution in [0.25, 0.3) is 0 Å². The number of morpholine rings is 1. The third-order valence-corrected chi connectivity index (χ3v) is 18.1. The van der Waals surface area contributed by atoms with Crippen LogP contribution in [-0.2, 0) is 25.4 Å². The van der Waals surface area contributed by atoms with Crippen LogP contribution in [0.5, 0.6) is 0 Å². The van der Waals surface area contributed by atoms with Gasteiger partial charge in [0.15, 0.2) is 6.29 Å². The third kappa shape index (κ3) is 5.48. The summed E-state index contributed by atoms with van der Waals surface area (Å²) in [4.78, 5) is 17.3. The number of carbonyl (C=O) groups is 1. The smallest absolute Gasteiger partial charge is 0.410 e. The molecule has 1 aromatic rings. The summed E-state index contributed by atoms with van der Waals surface area (Å²) in [5.41, 5.74) is 1.89. The van der Waals surface area contributed by atoms with Crippen LogP contribution in [-0.4, -0.2) is 97.1 Å². The lowest BCUT2D eigenvalue weighted by Gasteiger charge is -2.64. The lowest BCUT2D eigenvalue weighted by molar-refractivity contribution is -0.248. The summed E-state index contributed by atoms with van der Waals surface area (Å²) in [6, 6.07) is 10.8. The van der Waals surface area contributed by atoms with E-state index in [2.05, 4.69) is 83.7 Å². The summed E-state index contributed by atoms with van der Waals surface area (Å²) in [5, 5.41) is 12.8. The summed E-state index contributed by atoms with van der Waals surface area (Å²) in [7, 11) is 0. The fourth-order valence-electron chi connectivity index (χ4n) is 15.2. The second-order valence-corrected chi connectivity index (χ2v) is 20.9. The molecule has 8 nitrogen and oxygen atoms in total. The Morgan fingerprint density at radius 1 is 0.981 bits per heavy atom. The summed E-state index contributed by atoms with van der Waals surface area (Å²) in [6.07, 6.45) is 10.1. The molecular formula is C46H70N2O6. The average molecular weight is 747 g/mol. The van der Waals surface area contributed by atoms with Crippen molar-refractivity contribution in [1.82, 2.24) is 9.80 Å². The van der Waals surface area contributed by atoms with Gasteiger partial charge in [0.25, 0.3) is 0 Å². The van der Waals surface area contributed by atoms with Crippen molar-refractivity contribution < 1.29 is 28.8 Å².